The summed E-state index contributed by atoms with van der Waals surface area (Å²) in [6.45, 7) is 1.82. The van der Waals surface area contributed by atoms with Crippen LogP contribution in [0.25, 0.3) is 5.57 Å². The van der Waals surface area contributed by atoms with Crippen LogP contribution >= 0.6 is 0 Å². The molecule has 0 atom stereocenters. The number of benzene rings is 1. The first-order chi connectivity index (χ1) is 10.0. The van der Waals surface area contributed by atoms with Gasteiger partial charge >= 0.3 is 5.97 Å². The average Bonchev–Trinajstić information content (AvgIpc) is 2.47. The Hall–Kier alpha value is -3.19. The van der Waals surface area contributed by atoms with Crippen molar-refractivity contribution < 1.29 is 14.5 Å². The van der Waals surface area contributed by atoms with Crippen LogP contribution in [-0.2, 0) is 9.53 Å². The van der Waals surface area contributed by atoms with Crippen LogP contribution in [0.1, 0.15) is 18.9 Å². The molecule has 0 spiro atoms. The highest BCUT2D eigenvalue weighted by atomic mass is 16.6. The van der Waals surface area contributed by atoms with Crippen LogP contribution < -0.4 is 0 Å². The molecule has 0 fully saturated rings. The van der Waals surface area contributed by atoms with E-state index in [0.29, 0.717) is 5.56 Å². The van der Waals surface area contributed by atoms with Gasteiger partial charge in [0.1, 0.15) is 17.7 Å². The smallest absolute Gasteiger partial charge is 0.310 e. The summed E-state index contributed by atoms with van der Waals surface area (Å²) in [7, 11) is 0. The molecule has 0 saturated carbocycles. The number of hydrogen-bond acceptors (Lipinski definition) is 6. The largest absolute Gasteiger partial charge is 0.466 e. The van der Waals surface area contributed by atoms with Crippen LogP contribution in [0.2, 0.25) is 0 Å². The maximum absolute atomic E-state index is 11.6. The van der Waals surface area contributed by atoms with Crippen molar-refractivity contribution in [2.45, 2.75) is 13.3 Å². The second kappa shape index (κ2) is 7.41. The van der Waals surface area contributed by atoms with Gasteiger partial charge < -0.3 is 4.74 Å². The lowest BCUT2D eigenvalue weighted by Gasteiger charge is -2.07. The van der Waals surface area contributed by atoms with Crippen LogP contribution in [-0.4, -0.2) is 17.5 Å². The predicted molar refractivity (Wildman–Crippen MR) is 72.5 cm³/mol. The van der Waals surface area contributed by atoms with Crippen molar-refractivity contribution in [1.29, 1.82) is 10.5 Å². The Kier molecular flexibility index (Phi) is 5.60. The van der Waals surface area contributed by atoms with Gasteiger partial charge in [0, 0.05) is 12.1 Å². The molecule has 0 amide bonds. The van der Waals surface area contributed by atoms with Gasteiger partial charge in [-0.3, -0.25) is 14.9 Å². The number of allylic oxidation sites excluding steroid dienone is 1. The number of esters is 1. The van der Waals surface area contributed by atoms with Crippen molar-refractivity contribution >= 4 is 17.2 Å². The molecule has 0 radical (unpaired) electrons. The first kappa shape index (κ1) is 15.9. The minimum absolute atomic E-state index is 0.121. The number of rotatable bonds is 5. The minimum Gasteiger partial charge on any atom is -0.466 e. The number of non-ortho nitro benzene ring substituents is 1. The van der Waals surface area contributed by atoms with Crippen molar-refractivity contribution in [3.8, 4) is 12.1 Å². The zero-order chi connectivity index (χ0) is 15.8. The molecular weight excluding hydrogens is 274 g/mol. The lowest BCUT2D eigenvalue weighted by molar-refractivity contribution is -0.384. The number of ether oxygens (including phenoxy) is 1. The van der Waals surface area contributed by atoms with Crippen LogP contribution in [0.5, 0.6) is 0 Å². The third-order valence-electron chi connectivity index (χ3n) is 2.58. The SMILES string of the molecule is CCOC(=O)CC(=C(C#N)C#N)c1ccc([N+](=O)[O-])cc1. The molecule has 0 aliphatic rings. The maximum atomic E-state index is 11.6. The van der Waals surface area contributed by atoms with Crippen molar-refractivity contribution in [2.75, 3.05) is 6.61 Å². The van der Waals surface area contributed by atoms with Gasteiger partial charge in [0.25, 0.3) is 5.69 Å². The molecule has 21 heavy (non-hydrogen) atoms. The van der Waals surface area contributed by atoms with E-state index in [9.17, 15) is 14.9 Å². The molecule has 0 unspecified atom stereocenters. The Balaban J connectivity index is 3.23. The third kappa shape index (κ3) is 4.15. The van der Waals surface area contributed by atoms with E-state index in [2.05, 4.69) is 0 Å². The average molecular weight is 285 g/mol. The van der Waals surface area contributed by atoms with Gasteiger partial charge in [-0.25, -0.2) is 0 Å². The van der Waals surface area contributed by atoms with Gasteiger partial charge in [-0.05, 0) is 30.2 Å². The number of nitrogens with zero attached hydrogens (tertiary/aromatic N) is 3. The number of hydrogen-bond donors (Lipinski definition) is 0. The maximum Gasteiger partial charge on any atom is 0.310 e. The second-order valence-corrected chi connectivity index (χ2v) is 3.86. The lowest BCUT2D eigenvalue weighted by Crippen LogP contribution is -2.06. The van der Waals surface area contributed by atoms with E-state index in [-0.39, 0.29) is 29.9 Å². The first-order valence-corrected chi connectivity index (χ1v) is 5.97. The van der Waals surface area contributed by atoms with Gasteiger partial charge in [0.05, 0.1) is 18.0 Å². The van der Waals surface area contributed by atoms with Crippen LogP contribution in [0.3, 0.4) is 0 Å². The molecule has 7 nitrogen and oxygen atoms in total. The topological polar surface area (TPSA) is 117 Å². The van der Waals surface area contributed by atoms with E-state index < -0.39 is 10.9 Å². The van der Waals surface area contributed by atoms with Crippen LogP contribution in [0.15, 0.2) is 29.8 Å². The molecular formula is C14H11N3O4. The summed E-state index contributed by atoms with van der Waals surface area (Å²) >= 11 is 0. The molecule has 0 aliphatic carbocycles. The molecule has 106 valence electrons. The van der Waals surface area contributed by atoms with Crippen LogP contribution in [0.4, 0.5) is 5.69 Å². The Morgan fingerprint density at radius 2 is 1.86 bits per heavy atom. The molecule has 0 aliphatic heterocycles. The minimum atomic E-state index is -0.575. The van der Waals surface area contributed by atoms with Crippen molar-refractivity contribution in [1.82, 2.24) is 0 Å². The number of carbonyl (C=O) groups is 1. The first-order valence-electron chi connectivity index (χ1n) is 5.97. The summed E-state index contributed by atoms with van der Waals surface area (Å²) in [5.41, 5.74) is 0.238. The Morgan fingerprint density at radius 3 is 2.29 bits per heavy atom. The van der Waals surface area contributed by atoms with Gasteiger partial charge in [0.2, 0.25) is 0 Å². The number of carbonyl (C=O) groups excluding carboxylic acids is 1. The molecule has 0 saturated heterocycles. The highest BCUT2D eigenvalue weighted by Gasteiger charge is 2.16. The standard InChI is InChI=1S/C14H11N3O4/c1-2-21-14(18)7-13(11(8-15)9-16)10-3-5-12(6-4-10)17(19)20/h3-6H,2,7H2,1H3. The summed E-state index contributed by atoms with van der Waals surface area (Å²) in [5, 5.41) is 28.5. The molecule has 1 rings (SSSR count). The number of nitro groups is 1. The molecule has 0 N–H and O–H groups in total. The van der Waals surface area contributed by atoms with Crippen LogP contribution in [0, 0.1) is 32.8 Å². The summed E-state index contributed by atoms with van der Waals surface area (Å²) < 4.78 is 4.79. The van der Waals surface area contributed by atoms with Crippen molar-refractivity contribution in [2.24, 2.45) is 0 Å². The molecule has 1 aromatic rings. The molecule has 0 bridgehead atoms. The van der Waals surface area contributed by atoms with Gasteiger partial charge in [0.15, 0.2) is 0 Å². The summed E-state index contributed by atoms with van der Waals surface area (Å²) in [6.07, 6.45) is -0.248. The van der Waals surface area contributed by atoms with E-state index in [4.69, 9.17) is 15.3 Å². The van der Waals surface area contributed by atoms with E-state index in [1.54, 1.807) is 19.1 Å². The fourth-order valence-electron chi connectivity index (χ4n) is 1.64. The quantitative estimate of drug-likeness (QED) is 0.354. The number of nitriles is 2. The highest BCUT2D eigenvalue weighted by Crippen LogP contribution is 2.25. The third-order valence-corrected chi connectivity index (χ3v) is 2.58. The summed E-state index contributed by atoms with van der Waals surface area (Å²) in [6, 6.07) is 8.69. The van der Waals surface area contributed by atoms with Crippen molar-refractivity contribution in [3.63, 3.8) is 0 Å². The van der Waals surface area contributed by atoms with E-state index in [1.807, 2.05) is 0 Å². The predicted octanol–water partition coefficient (Wildman–Crippen LogP) is 2.35. The van der Waals surface area contributed by atoms with Gasteiger partial charge in [-0.1, -0.05) is 0 Å². The molecule has 1 aromatic carbocycles. The van der Waals surface area contributed by atoms with Crippen molar-refractivity contribution in [3.05, 3.63) is 45.5 Å². The number of nitro benzene ring substituents is 1. The highest BCUT2D eigenvalue weighted by molar-refractivity contribution is 5.89. The summed E-state index contributed by atoms with van der Waals surface area (Å²) in [5.74, 6) is -0.575. The van der Waals surface area contributed by atoms with E-state index in [1.165, 1.54) is 24.3 Å². The van der Waals surface area contributed by atoms with Gasteiger partial charge in [-0.2, -0.15) is 10.5 Å². The zero-order valence-corrected chi connectivity index (χ0v) is 11.2. The molecule has 7 heteroatoms. The Bertz CT molecular complexity index is 647. The zero-order valence-electron chi connectivity index (χ0n) is 11.2. The Morgan fingerprint density at radius 1 is 1.29 bits per heavy atom. The fourth-order valence-corrected chi connectivity index (χ4v) is 1.64. The van der Waals surface area contributed by atoms with E-state index in [0.717, 1.165) is 0 Å². The molecule has 0 heterocycles. The Labute approximate surface area is 120 Å². The lowest BCUT2D eigenvalue weighted by atomic mass is 9.98. The van der Waals surface area contributed by atoms with Gasteiger partial charge in [-0.15, -0.1) is 0 Å². The molecule has 0 aromatic heterocycles. The van der Waals surface area contributed by atoms with E-state index >= 15 is 0 Å². The second-order valence-electron chi connectivity index (χ2n) is 3.86. The fraction of sp³-hybridized carbons (Fsp3) is 0.214. The monoisotopic (exact) mass is 285 g/mol. The normalized spacial score (nSPS) is 9.10. The summed E-state index contributed by atoms with van der Waals surface area (Å²) in [4.78, 5) is 21.6.